The van der Waals surface area contributed by atoms with E-state index < -0.39 is 0 Å². The zero-order valence-corrected chi connectivity index (χ0v) is 12.2. The Bertz CT molecular complexity index is 748. The van der Waals surface area contributed by atoms with E-state index in [0.717, 1.165) is 5.56 Å². The van der Waals surface area contributed by atoms with Crippen LogP contribution in [0.3, 0.4) is 0 Å². The highest BCUT2D eigenvalue weighted by atomic mass is 16.3. The SMILES string of the molecule is Cc1nc(-c2ccccc2)n(CC(=O)NCc2ccco2)n1. The third kappa shape index (κ3) is 3.22. The van der Waals surface area contributed by atoms with Crippen molar-refractivity contribution in [3.8, 4) is 11.4 Å². The number of hydrogen-bond donors (Lipinski definition) is 1. The van der Waals surface area contributed by atoms with Gasteiger partial charge in [0.2, 0.25) is 5.91 Å². The zero-order chi connectivity index (χ0) is 15.4. The second kappa shape index (κ2) is 6.26. The van der Waals surface area contributed by atoms with Gasteiger partial charge in [-0.2, -0.15) is 5.10 Å². The highest BCUT2D eigenvalue weighted by molar-refractivity contribution is 5.76. The normalized spacial score (nSPS) is 10.6. The maximum atomic E-state index is 12.1. The standard InChI is InChI=1S/C16H16N4O2/c1-12-18-16(13-6-3-2-4-7-13)20(19-12)11-15(21)17-10-14-8-5-9-22-14/h2-9H,10-11H2,1H3,(H,17,21). The van der Waals surface area contributed by atoms with Crippen molar-refractivity contribution in [1.29, 1.82) is 0 Å². The molecule has 0 spiro atoms. The number of nitrogens with one attached hydrogen (secondary N) is 1. The molecule has 3 aromatic rings. The molecule has 0 aliphatic heterocycles. The molecule has 0 fully saturated rings. The highest BCUT2D eigenvalue weighted by Crippen LogP contribution is 2.16. The molecule has 0 atom stereocenters. The van der Waals surface area contributed by atoms with Crippen molar-refractivity contribution >= 4 is 5.91 Å². The number of nitrogens with zero attached hydrogens (tertiary/aromatic N) is 3. The Morgan fingerprint density at radius 1 is 1.23 bits per heavy atom. The molecule has 2 aromatic heterocycles. The highest BCUT2D eigenvalue weighted by Gasteiger charge is 2.13. The Morgan fingerprint density at radius 2 is 2.05 bits per heavy atom. The number of benzene rings is 1. The van der Waals surface area contributed by atoms with Crippen LogP contribution in [0.25, 0.3) is 11.4 Å². The van der Waals surface area contributed by atoms with E-state index in [1.807, 2.05) is 43.3 Å². The lowest BCUT2D eigenvalue weighted by molar-refractivity contribution is -0.122. The molecule has 3 rings (SSSR count). The lowest BCUT2D eigenvalue weighted by atomic mass is 10.2. The van der Waals surface area contributed by atoms with Gasteiger partial charge in [0, 0.05) is 5.56 Å². The van der Waals surface area contributed by atoms with Gasteiger partial charge in [-0.15, -0.1) is 0 Å². The van der Waals surface area contributed by atoms with Crippen LogP contribution in [0, 0.1) is 6.92 Å². The zero-order valence-electron chi connectivity index (χ0n) is 12.2. The van der Waals surface area contributed by atoms with Crippen molar-refractivity contribution < 1.29 is 9.21 Å². The largest absolute Gasteiger partial charge is 0.467 e. The smallest absolute Gasteiger partial charge is 0.242 e. The van der Waals surface area contributed by atoms with Crippen molar-refractivity contribution in [2.24, 2.45) is 0 Å². The molecule has 0 aliphatic carbocycles. The van der Waals surface area contributed by atoms with E-state index in [1.165, 1.54) is 0 Å². The van der Waals surface area contributed by atoms with Gasteiger partial charge in [-0.25, -0.2) is 9.67 Å². The maximum absolute atomic E-state index is 12.1. The summed E-state index contributed by atoms with van der Waals surface area (Å²) in [5.41, 5.74) is 0.932. The van der Waals surface area contributed by atoms with Gasteiger partial charge in [0.1, 0.15) is 18.1 Å². The van der Waals surface area contributed by atoms with E-state index in [-0.39, 0.29) is 12.5 Å². The van der Waals surface area contributed by atoms with Gasteiger partial charge < -0.3 is 9.73 Å². The van der Waals surface area contributed by atoms with Crippen LogP contribution in [0.1, 0.15) is 11.6 Å². The number of aromatic nitrogens is 3. The second-order valence-electron chi connectivity index (χ2n) is 4.86. The van der Waals surface area contributed by atoms with Crippen molar-refractivity contribution in [2.45, 2.75) is 20.0 Å². The molecular formula is C16H16N4O2. The number of hydrogen-bond acceptors (Lipinski definition) is 4. The number of carbonyl (C=O) groups excluding carboxylic acids is 1. The monoisotopic (exact) mass is 296 g/mol. The predicted molar refractivity (Wildman–Crippen MR) is 80.7 cm³/mol. The van der Waals surface area contributed by atoms with Crippen LogP contribution < -0.4 is 5.32 Å². The summed E-state index contributed by atoms with van der Waals surface area (Å²) in [6.07, 6.45) is 1.58. The number of aryl methyl sites for hydroxylation is 1. The number of furan rings is 1. The molecule has 1 amide bonds. The summed E-state index contributed by atoms with van der Waals surface area (Å²) in [5.74, 6) is 1.90. The molecule has 0 unspecified atom stereocenters. The minimum atomic E-state index is -0.140. The molecule has 0 saturated heterocycles. The van der Waals surface area contributed by atoms with Gasteiger partial charge >= 0.3 is 0 Å². The summed E-state index contributed by atoms with van der Waals surface area (Å²) in [7, 11) is 0. The summed E-state index contributed by atoms with van der Waals surface area (Å²) in [5, 5.41) is 7.09. The van der Waals surface area contributed by atoms with Gasteiger partial charge in [-0.3, -0.25) is 4.79 Å². The average molecular weight is 296 g/mol. The molecule has 112 valence electrons. The van der Waals surface area contributed by atoms with E-state index in [2.05, 4.69) is 15.4 Å². The molecule has 1 aromatic carbocycles. The first-order chi connectivity index (χ1) is 10.7. The van der Waals surface area contributed by atoms with Crippen molar-refractivity contribution in [2.75, 3.05) is 0 Å². The molecule has 0 bridgehead atoms. The average Bonchev–Trinajstić information content (AvgIpc) is 3.16. The number of carbonyl (C=O) groups is 1. The van der Waals surface area contributed by atoms with Crippen LogP contribution in [0.5, 0.6) is 0 Å². The molecule has 2 heterocycles. The Hall–Kier alpha value is -2.89. The van der Waals surface area contributed by atoms with Gasteiger partial charge in [0.15, 0.2) is 5.82 Å². The van der Waals surface area contributed by atoms with E-state index in [0.29, 0.717) is 24.0 Å². The van der Waals surface area contributed by atoms with Crippen molar-refractivity contribution in [3.63, 3.8) is 0 Å². The second-order valence-corrected chi connectivity index (χ2v) is 4.86. The van der Waals surface area contributed by atoms with Crippen molar-refractivity contribution in [3.05, 3.63) is 60.3 Å². The van der Waals surface area contributed by atoms with Gasteiger partial charge in [0.05, 0.1) is 12.8 Å². The summed E-state index contributed by atoms with van der Waals surface area (Å²) in [6, 6.07) is 13.3. The van der Waals surface area contributed by atoms with Crippen LogP contribution >= 0.6 is 0 Å². The lowest BCUT2D eigenvalue weighted by Crippen LogP contribution is -2.27. The van der Waals surface area contributed by atoms with Crippen molar-refractivity contribution in [1.82, 2.24) is 20.1 Å². The first-order valence-electron chi connectivity index (χ1n) is 6.98. The van der Waals surface area contributed by atoms with Crippen LogP contribution in [-0.2, 0) is 17.9 Å². The van der Waals surface area contributed by atoms with Gasteiger partial charge in [0.25, 0.3) is 0 Å². The van der Waals surface area contributed by atoms with Crippen LogP contribution in [-0.4, -0.2) is 20.7 Å². The predicted octanol–water partition coefficient (Wildman–Crippen LogP) is 2.16. The molecule has 0 saturated carbocycles. The molecule has 6 nitrogen and oxygen atoms in total. The summed E-state index contributed by atoms with van der Waals surface area (Å²) in [6.45, 7) is 2.29. The molecule has 1 N–H and O–H groups in total. The summed E-state index contributed by atoms with van der Waals surface area (Å²) in [4.78, 5) is 16.5. The lowest BCUT2D eigenvalue weighted by Gasteiger charge is -2.06. The van der Waals surface area contributed by atoms with Crippen LogP contribution in [0.15, 0.2) is 53.1 Å². The molecule has 0 radical (unpaired) electrons. The fourth-order valence-corrected chi connectivity index (χ4v) is 2.16. The fourth-order valence-electron chi connectivity index (χ4n) is 2.16. The summed E-state index contributed by atoms with van der Waals surface area (Å²) >= 11 is 0. The molecule has 6 heteroatoms. The third-order valence-corrected chi connectivity index (χ3v) is 3.14. The van der Waals surface area contributed by atoms with Gasteiger partial charge in [-0.05, 0) is 19.1 Å². The third-order valence-electron chi connectivity index (χ3n) is 3.14. The number of rotatable bonds is 5. The molecule has 22 heavy (non-hydrogen) atoms. The van der Waals surface area contributed by atoms with Gasteiger partial charge in [-0.1, -0.05) is 30.3 Å². The Morgan fingerprint density at radius 3 is 2.77 bits per heavy atom. The molecular weight excluding hydrogens is 280 g/mol. The minimum Gasteiger partial charge on any atom is -0.467 e. The Kier molecular flexibility index (Phi) is 4.00. The maximum Gasteiger partial charge on any atom is 0.242 e. The van der Waals surface area contributed by atoms with Crippen LogP contribution in [0.2, 0.25) is 0 Å². The minimum absolute atomic E-state index is 0.117. The van der Waals surface area contributed by atoms with Crippen LogP contribution in [0.4, 0.5) is 0 Å². The number of amides is 1. The van der Waals surface area contributed by atoms with E-state index >= 15 is 0 Å². The first-order valence-corrected chi connectivity index (χ1v) is 6.98. The summed E-state index contributed by atoms with van der Waals surface area (Å²) < 4.78 is 6.80. The first kappa shape index (κ1) is 14.1. The Balaban J connectivity index is 1.71. The quantitative estimate of drug-likeness (QED) is 0.783. The van der Waals surface area contributed by atoms with E-state index in [1.54, 1.807) is 17.0 Å². The fraction of sp³-hybridized carbons (Fsp3) is 0.188. The molecule has 0 aliphatic rings. The Labute approximate surface area is 127 Å². The van der Waals surface area contributed by atoms with E-state index in [9.17, 15) is 4.79 Å². The van der Waals surface area contributed by atoms with E-state index in [4.69, 9.17) is 4.42 Å². The topological polar surface area (TPSA) is 73.0 Å².